The molecule has 2 N–H and O–H groups in total. The van der Waals surface area contributed by atoms with Crippen molar-refractivity contribution >= 4 is 17.5 Å². The number of imidazole rings is 1. The van der Waals surface area contributed by atoms with Crippen molar-refractivity contribution in [1.29, 1.82) is 0 Å². The zero-order chi connectivity index (χ0) is 34.6. The van der Waals surface area contributed by atoms with E-state index in [0.717, 1.165) is 23.8 Å². The van der Waals surface area contributed by atoms with Crippen molar-refractivity contribution in [3.05, 3.63) is 41.6 Å². The van der Waals surface area contributed by atoms with Gasteiger partial charge < -0.3 is 10.6 Å². The molecule has 0 aliphatic heterocycles. The Bertz CT molecular complexity index is 1660. The highest BCUT2D eigenvalue weighted by Gasteiger charge is 2.71. The standard InChI is InChI=1S/C29H31F9N8O2/c30-26(31)6-3-16(4-7-26)24(43-25(48)19-12-40-46(44-19)13-18-10-27(32,33)29(18,37)38)20-14-45-21(41-20)9-17(11-39-45)23(15-1-2-15)42-22(47)5-8-28(34,35)36/h9,11-12,14-16,18,23-24H,1-8,10,13H2,(H,42,47)(H,43,48)/t18?,23-,24+/m1/s1. The molecule has 3 saturated carbocycles. The summed E-state index contributed by atoms with van der Waals surface area (Å²) in [5.41, 5.74) is 0.714. The van der Waals surface area contributed by atoms with Gasteiger partial charge in [-0.25, -0.2) is 18.3 Å². The van der Waals surface area contributed by atoms with Crippen LogP contribution < -0.4 is 10.6 Å². The fourth-order valence-electron chi connectivity index (χ4n) is 6.28. The lowest BCUT2D eigenvalue weighted by Crippen LogP contribution is -2.59. The number of fused-ring (bicyclic) bond motifs is 1. The number of hydrogen-bond acceptors (Lipinski definition) is 6. The molecule has 0 aromatic carbocycles. The van der Waals surface area contributed by atoms with Gasteiger partial charge >= 0.3 is 18.0 Å². The van der Waals surface area contributed by atoms with Crippen LogP contribution in [0.1, 0.15) is 91.6 Å². The Labute approximate surface area is 266 Å². The Hall–Kier alpha value is -3.93. The maximum atomic E-state index is 14.0. The normalized spacial score (nSPS) is 23.3. The van der Waals surface area contributed by atoms with E-state index >= 15 is 0 Å². The van der Waals surface area contributed by atoms with Crippen molar-refractivity contribution in [3.63, 3.8) is 0 Å². The molecule has 6 rings (SSSR count). The van der Waals surface area contributed by atoms with Gasteiger partial charge in [0.15, 0.2) is 11.3 Å². The number of amides is 2. The highest BCUT2D eigenvalue weighted by atomic mass is 19.4. The highest BCUT2D eigenvalue weighted by Crippen LogP contribution is 2.55. The van der Waals surface area contributed by atoms with Crippen LogP contribution in [0.4, 0.5) is 39.5 Å². The second-order valence-electron chi connectivity index (χ2n) is 12.9. The van der Waals surface area contributed by atoms with E-state index < -0.39 is 98.3 Å². The van der Waals surface area contributed by atoms with E-state index in [1.54, 1.807) is 6.07 Å². The van der Waals surface area contributed by atoms with Gasteiger partial charge in [0.25, 0.3) is 5.91 Å². The molecule has 3 heterocycles. The summed E-state index contributed by atoms with van der Waals surface area (Å²) in [5.74, 6) is -15.1. The van der Waals surface area contributed by atoms with E-state index in [9.17, 15) is 49.1 Å². The predicted octanol–water partition coefficient (Wildman–Crippen LogP) is 5.82. The Morgan fingerprint density at radius 2 is 1.62 bits per heavy atom. The van der Waals surface area contributed by atoms with Gasteiger partial charge in [-0.15, -0.1) is 5.10 Å². The quantitative estimate of drug-likeness (QED) is 0.245. The molecule has 19 heteroatoms. The van der Waals surface area contributed by atoms with Crippen LogP contribution in [0.5, 0.6) is 0 Å². The molecule has 3 atom stereocenters. The molecule has 3 fully saturated rings. The van der Waals surface area contributed by atoms with Crippen LogP contribution in [-0.4, -0.2) is 65.4 Å². The van der Waals surface area contributed by atoms with Crippen molar-refractivity contribution in [2.75, 3.05) is 0 Å². The number of rotatable bonds is 11. The molecule has 48 heavy (non-hydrogen) atoms. The molecule has 3 aromatic heterocycles. The molecule has 3 aromatic rings. The van der Waals surface area contributed by atoms with Gasteiger partial charge in [0, 0.05) is 25.7 Å². The average molecular weight is 695 g/mol. The van der Waals surface area contributed by atoms with Crippen LogP contribution in [0.2, 0.25) is 0 Å². The van der Waals surface area contributed by atoms with Gasteiger partial charge in [0.1, 0.15) is 0 Å². The molecule has 262 valence electrons. The minimum atomic E-state index is -4.48. The summed E-state index contributed by atoms with van der Waals surface area (Å²) in [7, 11) is 0. The lowest BCUT2D eigenvalue weighted by Gasteiger charge is -2.43. The second kappa shape index (κ2) is 12.2. The number of hydrogen-bond donors (Lipinski definition) is 2. The molecule has 0 spiro atoms. The van der Waals surface area contributed by atoms with Gasteiger partial charge in [-0.2, -0.15) is 45.7 Å². The third kappa shape index (κ3) is 7.23. The van der Waals surface area contributed by atoms with Crippen molar-refractivity contribution in [1.82, 2.24) is 40.2 Å². The number of halogens is 9. The first-order valence-electron chi connectivity index (χ1n) is 15.5. The summed E-state index contributed by atoms with van der Waals surface area (Å²) < 4.78 is 121. The minimum Gasteiger partial charge on any atom is -0.349 e. The van der Waals surface area contributed by atoms with E-state index in [0.29, 0.717) is 5.56 Å². The topological polar surface area (TPSA) is 119 Å². The smallest absolute Gasteiger partial charge is 0.349 e. The largest absolute Gasteiger partial charge is 0.389 e. The van der Waals surface area contributed by atoms with Gasteiger partial charge in [-0.1, -0.05) is 0 Å². The van der Waals surface area contributed by atoms with Crippen molar-refractivity contribution in [2.45, 2.75) is 100 Å². The maximum absolute atomic E-state index is 14.0. The number of nitrogens with zero attached hydrogens (tertiary/aromatic N) is 6. The summed E-state index contributed by atoms with van der Waals surface area (Å²) in [6.07, 6.45) is -2.96. The van der Waals surface area contributed by atoms with Crippen molar-refractivity contribution in [2.24, 2.45) is 17.8 Å². The lowest BCUT2D eigenvalue weighted by atomic mass is 9.77. The minimum absolute atomic E-state index is 0.00473. The number of carbonyl (C=O) groups is 2. The predicted molar refractivity (Wildman–Crippen MR) is 147 cm³/mol. The highest BCUT2D eigenvalue weighted by molar-refractivity contribution is 5.92. The first-order chi connectivity index (χ1) is 22.4. The Morgan fingerprint density at radius 1 is 0.938 bits per heavy atom. The van der Waals surface area contributed by atoms with Crippen LogP contribution in [-0.2, 0) is 11.3 Å². The molecule has 0 bridgehead atoms. The Balaban J connectivity index is 1.20. The van der Waals surface area contributed by atoms with Gasteiger partial charge in [0.05, 0.1) is 55.3 Å². The van der Waals surface area contributed by atoms with Crippen molar-refractivity contribution in [3.8, 4) is 0 Å². The van der Waals surface area contributed by atoms with E-state index in [1.165, 1.54) is 16.9 Å². The van der Waals surface area contributed by atoms with E-state index in [4.69, 9.17) is 0 Å². The van der Waals surface area contributed by atoms with Gasteiger partial charge in [0.2, 0.25) is 11.8 Å². The third-order valence-electron chi connectivity index (χ3n) is 9.26. The molecular formula is C29H31F9N8O2. The summed E-state index contributed by atoms with van der Waals surface area (Å²) in [6.45, 7) is -0.651. The fourth-order valence-corrected chi connectivity index (χ4v) is 6.28. The number of aromatic nitrogens is 6. The average Bonchev–Trinajstić information content (AvgIpc) is 3.58. The van der Waals surface area contributed by atoms with Crippen LogP contribution in [0.3, 0.4) is 0 Å². The molecule has 10 nitrogen and oxygen atoms in total. The molecule has 3 aliphatic rings. The summed E-state index contributed by atoms with van der Waals surface area (Å²) in [4.78, 5) is 30.9. The Kier molecular flexibility index (Phi) is 8.62. The molecule has 3 aliphatic carbocycles. The van der Waals surface area contributed by atoms with Crippen LogP contribution in [0.25, 0.3) is 5.65 Å². The van der Waals surface area contributed by atoms with Gasteiger partial charge in [-0.3, -0.25) is 9.59 Å². The summed E-state index contributed by atoms with van der Waals surface area (Å²) in [6, 6.07) is 0.0657. The molecule has 0 saturated heterocycles. The molecule has 1 unspecified atom stereocenters. The third-order valence-corrected chi connectivity index (χ3v) is 9.26. The van der Waals surface area contributed by atoms with Crippen molar-refractivity contribution < 1.29 is 49.1 Å². The maximum Gasteiger partial charge on any atom is 0.389 e. The number of alkyl halides is 9. The molecule has 0 radical (unpaired) electrons. The van der Waals surface area contributed by atoms with Crippen LogP contribution >= 0.6 is 0 Å². The zero-order valence-corrected chi connectivity index (χ0v) is 25.2. The Morgan fingerprint density at radius 3 is 2.25 bits per heavy atom. The number of nitrogens with one attached hydrogen (secondary N) is 2. The van der Waals surface area contributed by atoms with E-state index in [-0.39, 0.29) is 35.8 Å². The molecular weight excluding hydrogens is 663 g/mol. The summed E-state index contributed by atoms with van der Waals surface area (Å²) in [5, 5.41) is 17.3. The first-order valence-corrected chi connectivity index (χ1v) is 15.5. The van der Waals surface area contributed by atoms with E-state index in [1.807, 2.05) is 0 Å². The monoisotopic (exact) mass is 694 g/mol. The summed E-state index contributed by atoms with van der Waals surface area (Å²) >= 11 is 0. The molecule has 2 amide bonds. The lowest BCUT2D eigenvalue weighted by molar-refractivity contribution is -0.316. The van der Waals surface area contributed by atoms with Crippen LogP contribution in [0.15, 0.2) is 24.7 Å². The van der Waals surface area contributed by atoms with E-state index in [2.05, 4.69) is 30.9 Å². The SMILES string of the molecule is O=C(CCC(F)(F)F)N[C@@H](c1cnn2cc([C@@H](NC(=O)c3cnn(CC4CC(F)(F)C4(F)F)n3)C3CCC(F)(F)CC3)nc2c1)C1CC1. The van der Waals surface area contributed by atoms with Gasteiger partial charge in [-0.05, 0) is 49.1 Å². The fraction of sp³-hybridized carbons (Fsp3) is 0.655. The second-order valence-corrected chi connectivity index (χ2v) is 12.9. The zero-order valence-electron chi connectivity index (χ0n) is 25.2. The first kappa shape index (κ1) is 34.0. The number of carbonyl (C=O) groups excluding carboxylic acids is 2. The van der Waals surface area contributed by atoms with Crippen LogP contribution in [0, 0.1) is 17.8 Å².